The van der Waals surface area contributed by atoms with Crippen LogP contribution in [0.4, 0.5) is 13.2 Å². The van der Waals surface area contributed by atoms with Gasteiger partial charge in [-0.25, -0.2) is 8.42 Å². The SMILES string of the molecule is CCN(CCNC(=O)C1CCN(S(=O)(=O)c2ccccc2C(F)(F)F)CC1)C(C)C. The molecular weight excluding hydrogens is 419 g/mol. The van der Waals surface area contributed by atoms with Gasteiger partial charge in [-0.15, -0.1) is 0 Å². The summed E-state index contributed by atoms with van der Waals surface area (Å²) in [5, 5.41) is 2.89. The van der Waals surface area contributed by atoms with E-state index in [-0.39, 0.29) is 37.8 Å². The fourth-order valence-electron chi connectivity index (χ4n) is 3.67. The van der Waals surface area contributed by atoms with Crippen molar-refractivity contribution < 1.29 is 26.4 Å². The molecule has 0 atom stereocenters. The summed E-state index contributed by atoms with van der Waals surface area (Å²) in [7, 11) is -4.29. The molecule has 1 aliphatic heterocycles. The summed E-state index contributed by atoms with van der Waals surface area (Å²) in [5.74, 6) is -0.481. The van der Waals surface area contributed by atoms with Gasteiger partial charge in [0.1, 0.15) is 0 Å². The Hall–Kier alpha value is -1.65. The average molecular weight is 450 g/mol. The molecule has 0 unspecified atom stereocenters. The number of nitrogens with zero attached hydrogens (tertiary/aromatic N) is 2. The highest BCUT2D eigenvalue weighted by Crippen LogP contribution is 2.36. The summed E-state index contributed by atoms with van der Waals surface area (Å²) in [5.41, 5.74) is -1.17. The number of nitrogens with one attached hydrogen (secondary N) is 1. The Morgan fingerprint density at radius 3 is 2.37 bits per heavy atom. The third kappa shape index (κ3) is 5.95. The fraction of sp³-hybridized carbons (Fsp3) is 0.650. The van der Waals surface area contributed by atoms with Crippen LogP contribution >= 0.6 is 0 Å². The van der Waals surface area contributed by atoms with E-state index in [9.17, 15) is 26.4 Å². The Kier molecular flexibility index (Phi) is 8.29. The molecule has 1 aromatic carbocycles. The standard InChI is InChI=1S/C20H30F3N3O3S/c1-4-25(15(2)3)14-11-24-19(27)16-9-12-26(13-10-16)30(28,29)18-8-6-5-7-17(18)20(21,22)23/h5-8,15-16H,4,9-14H2,1-3H3,(H,24,27). The molecule has 1 aromatic rings. The molecule has 1 fully saturated rings. The van der Waals surface area contributed by atoms with E-state index in [0.717, 1.165) is 35.6 Å². The van der Waals surface area contributed by atoms with E-state index in [1.807, 2.05) is 0 Å². The average Bonchev–Trinajstić information content (AvgIpc) is 2.70. The molecule has 2 rings (SSSR count). The van der Waals surface area contributed by atoms with Crippen molar-refractivity contribution in [2.75, 3.05) is 32.7 Å². The molecule has 0 radical (unpaired) electrons. The third-order valence-electron chi connectivity index (χ3n) is 5.47. The molecule has 1 N–H and O–H groups in total. The quantitative estimate of drug-likeness (QED) is 0.663. The Morgan fingerprint density at radius 1 is 1.23 bits per heavy atom. The first-order chi connectivity index (χ1) is 14.0. The monoisotopic (exact) mass is 449 g/mol. The molecule has 0 saturated carbocycles. The number of hydrogen-bond donors (Lipinski definition) is 1. The number of amides is 1. The van der Waals surface area contributed by atoms with Gasteiger partial charge in [-0.2, -0.15) is 17.5 Å². The molecule has 0 aromatic heterocycles. The van der Waals surface area contributed by atoms with E-state index in [4.69, 9.17) is 0 Å². The highest BCUT2D eigenvalue weighted by Gasteiger charge is 2.40. The summed E-state index contributed by atoms with van der Waals surface area (Å²) in [6, 6.07) is 4.56. The molecule has 1 heterocycles. The number of carbonyl (C=O) groups excluding carboxylic acids is 1. The van der Waals surface area contributed by atoms with Crippen molar-refractivity contribution in [2.45, 2.75) is 50.7 Å². The molecule has 10 heteroatoms. The van der Waals surface area contributed by atoms with Gasteiger partial charge < -0.3 is 5.32 Å². The summed E-state index contributed by atoms with van der Waals surface area (Å²) < 4.78 is 66.3. The van der Waals surface area contributed by atoms with Crippen LogP contribution in [0.5, 0.6) is 0 Å². The van der Waals surface area contributed by atoms with Gasteiger partial charge in [0, 0.05) is 38.1 Å². The zero-order chi connectivity index (χ0) is 22.5. The number of sulfonamides is 1. The minimum atomic E-state index is -4.76. The number of halogens is 3. The third-order valence-corrected chi connectivity index (χ3v) is 7.43. The van der Waals surface area contributed by atoms with Crippen molar-refractivity contribution in [2.24, 2.45) is 5.92 Å². The first kappa shape index (κ1) is 24.6. The van der Waals surface area contributed by atoms with Gasteiger partial charge in [0.25, 0.3) is 0 Å². The van der Waals surface area contributed by atoms with E-state index in [0.29, 0.717) is 12.6 Å². The zero-order valence-electron chi connectivity index (χ0n) is 17.6. The number of rotatable bonds is 8. The number of likely N-dealkylation sites (N-methyl/N-ethyl adjacent to an activating group) is 1. The maximum Gasteiger partial charge on any atom is 0.417 e. The molecule has 6 nitrogen and oxygen atoms in total. The number of carbonyl (C=O) groups is 1. The van der Waals surface area contributed by atoms with Crippen LogP contribution in [0.2, 0.25) is 0 Å². The summed E-state index contributed by atoms with van der Waals surface area (Å²) >= 11 is 0. The lowest BCUT2D eigenvalue weighted by atomic mass is 9.97. The van der Waals surface area contributed by atoms with Crippen LogP contribution in [0.25, 0.3) is 0 Å². The summed E-state index contributed by atoms with van der Waals surface area (Å²) in [6.45, 7) is 8.35. The highest BCUT2D eigenvalue weighted by atomic mass is 32.2. The fourth-order valence-corrected chi connectivity index (χ4v) is 5.35. The first-order valence-electron chi connectivity index (χ1n) is 10.2. The number of piperidine rings is 1. The van der Waals surface area contributed by atoms with Gasteiger partial charge in [0.2, 0.25) is 15.9 Å². The van der Waals surface area contributed by atoms with Crippen LogP contribution in [0.1, 0.15) is 39.2 Å². The Bertz CT molecular complexity index is 820. The predicted octanol–water partition coefficient (Wildman–Crippen LogP) is 2.95. The second-order valence-electron chi connectivity index (χ2n) is 7.69. The maximum atomic E-state index is 13.2. The molecule has 0 spiro atoms. The van der Waals surface area contributed by atoms with Crippen molar-refractivity contribution >= 4 is 15.9 Å². The predicted molar refractivity (Wildman–Crippen MR) is 108 cm³/mol. The van der Waals surface area contributed by atoms with E-state index in [1.165, 1.54) is 6.07 Å². The maximum absolute atomic E-state index is 13.2. The first-order valence-corrected chi connectivity index (χ1v) is 11.6. The summed E-state index contributed by atoms with van der Waals surface area (Å²) in [6.07, 6.45) is -4.20. The molecular formula is C20H30F3N3O3S. The van der Waals surface area contributed by atoms with Crippen molar-refractivity contribution in [1.82, 2.24) is 14.5 Å². The van der Waals surface area contributed by atoms with Crippen molar-refractivity contribution in [1.29, 1.82) is 0 Å². The van der Waals surface area contributed by atoms with E-state index < -0.39 is 26.7 Å². The number of hydrogen-bond acceptors (Lipinski definition) is 4. The molecule has 30 heavy (non-hydrogen) atoms. The van der Waals surface area contributed by atoms with Crippen molar-refractivity contribution in [3.63, 3.8) is 0 Å². The van der Waals surface area contributed by atoms with Crippen LogP contribution in [-0.4, -0.2) is 62.3 Å². The largest absolute Gasteiger partial charge is 0.417 e. The van der Waals surface area contributed by atoms with Crippen LogP contribution in [-0.2, 0) is 21.0 Å². The minimum Gasteiger partial charge on any atom is -0.355 e. The van der Waals surface area contributed by atoms with Gasteiger partial charge in [-0.05, 0) is 45.4 Å². The van der Waals surface area contributed by atoms with E-state index in [1.54, 1.807) is 0 Å². The highest BCUT2D eigenvalue weighted by molar-refractivity contribution is 7.89. The molecule has 0 bridgehead atoms. The topological polar surface area (TPSA) is 69.7 Å². The van der Waals surface area contributed by atoms with Crippen LogP contribution in [0, 0.1) is 5.92 Å². The number of benzene rings is 1. The zero-order valence-corrected chi connectivity index (χ0v) is 18.4. The molecule has 0 aliphatic carbocycles. The Morgan fingerprint density at radius 2 is 1.83 bits per heavy atom. The second kappa shape index (κ2) is 10.1. The summed E-state index contributed by atoms with van der Waals surface area (Å²) in [4.78, 5) is 13.9. The van der Waals surface area contributed by atoms with Crippen molar-refractivity contribution in [3.05, 3.63) is 29.8 Å². The molecule has 1 amide bonds. The van der Waals surface area contributed by atoms with Gasteiger partial charge in [0.15, 0.2) is 0 Å². The van der Waals surface area contributed by atoms with Crippen LogP contribution in [0.3, 0.4) is 0 Å². The minimum absolute atomic E-state index is 0.0136. The van der Waals surface area contributed by atoms with Gasteiger partial charge in [-0.3, -0.25) is 9.69 Å². The van der Waals surface area contributed by atoms with E-state index >= 15 is 0 Å². The lowest BCUT2D eigenvalue weighted by molar-refractivity contribution is -0.139. The normalized spacial score (nSPS) is 16.9. The number of alkyl halides is 3. The van der Waals surface area contributed by atoms with Crippen LogP contribution < -0.4 is 5.32 Å². The van der Waals surface area contributed by atoms with Gasteiger partial charge >= 0.3 is 6.18 Å². The lowest BCUT2D eigenvalue weighted by Gasteiger charge is -2.31. The molecule has 170 valence electrons. The van der Waals surface area contributed by atoms with Crippen LogP contribution in [0.15, 0.2) is 29.2 Å². The molecule has 1 saturated heterocycles. The Balaban J connectivity index is 1.96. The van der Waals surface area contributed by atoms with Gasteiger partial charge in [0.05, 0.1) is 10.5 Å². The second-order valence-corrected chi connectivity index (χ2v) is 9.59. The molecule has 1 aliphatic rings. The van der Waals surface area contributed by atoms with E-state index in [2.05, 4.69) is 31.0 Å². The lowest BCUT2D eigenvalue weighted by Crippen LogP contribution is -2.45. The van der Waals surface area contributed by atoms with Crippen molar-refractivity contribution in [3.8, 4) is 0 Å². The Labute approximate surface area is 176 Å². The smallest absolute Gasteiger partial charge is 0.355 e. The van der Waals surface area contributed by atoms with Gasteiger partial charge in [-0.1, -0.05) is 19.1 Å².